The number of nitrogens with two attached hydrogens (primary N) is 1. The van der Waals surface area contributed by atoms with Gasteiger partial charge in [0.1, 0.15) is 17.7 Å². The van der Waals surface area contributed by atoms with Gasteiger partial charge < -0.3 is 20.3 Å². The van der Waals surface area contributed by atoms with Crippen LogP contribution in [-0.2, 0) is 4.79 Å². The molecule has 3 N–H and O–H groups in total. The zero-order chi connectivity index (χ0) is 18.7. The number of rotatable bonds is 7. The maximum Gasteiger partial charge on any atom is 0.306 e. The molecule has 3 aromatic rings. The van der Waals surface area contributed by atoms with Gasteiger partial charge in [-0.3, -0.25) is 4.79 Å². The van der Waals surface area contributed by atoms with Crippen molar-refractivity contribution >= 4 is 17.3 Å². The van der Waals surface area contributed by atoms with Crippen LogP contribution in [0, 0.1) is 5.82 Å². The molecule has 0 saturated carbocycles. The molecule has 0 unspecified atom stereocenters. The van der Waals surface area contributed by atoms with Crippen LogP contribution in [0.4, 0.5) is 10.1 Å². The Labute approximate surface area is 148 Å². The van der Waals surface area contributed by atoms with E-state index in [1.165, 1.54) is 28.9 Å². The minimum Gasteiger partial charge on any atom is -0.493 e. The summed E-state index contributed by atoms with van der Waals surface area (Å²) < 4.78 is 26.4. The monoisotopic (exact) mass is 360 g/mol. The Kier molecular flexibility index (Phi) is 4.87. The molecule has 0 bridgehead atoms. The number of aliphatic carboxylic acids is 1. The topological polar surface area (TPSA) is 112 Å². The lowest BCUT2D eigenvalue weighted by Gasteiger charge is -2.18. The number of fused-ring (bicyclic) bond motifs is 1. The van der Waals surface area contributed by atoms with E-state index in [9.17, 15) is 9.18 Å². The summed E-state index contributed by atoms with van der Waals surface area (Å²) in [6.07, 6.45) is 2.38. The van der Waals surface area contributed by atoms with Gasteiger partial charge in [0.2, 0.25) is 5.88 Å². The largest absolute Gasteiger partial charge is 0.493 e. The van der Waals surface area contributed by atoms with Gasteiger partial charge in [-0.1, -0.05) is 0 Å². The molecule has 136 valence electrons. The Morgan fingerprint density at radius 3 is 3.00 bits per heavy atom. The Hall–Kier alpha value is -3.36. The Morgan fingerprint density at radius 2 is 2.23 bits per heavy atom. The fourth-order valence-electron chi connectivity index (χ4n) is 2.40. The number of hydrogen-bond acceptors (Lipinski definition) is 6. The lowest BCUT2D eigenvalue weighted by atomic mass is 10.1. The highest BCUT2D eigenvalue weighted by molar-refractivity contribution is 5.66. The van der Waals surface area contributed by atoms with Gasteiger partial charge in [-0.2, -0.15) is 10.1 Å². The highest BCUT2D eigenvalue weighted by atomic mass is 19.1. The number of nitrogen functional groups attached to an aromatic ring is 1. The molecule has 9 heteroatoms. The summed E-state index contributed by atoms with van der Waals surface area (Å²) >= 11 is 0. The first-order valence-electron chi connectivity index (χ1n) is 7.84. The van der Waals surface area contributed by atoms with Crippen molar-refractivity contribution in [2.24, 2.45) is 0 Å². The van der Waals surface area contributed by atoms with E-state index in [-0.39, 0.29) is 18.9 Å². The number of benzene rings is 1. The van der Waals surface area contributed by atoms with Crippen molar-refractivity contribution in [3.05, 3.63) is 48.0 Å². The summed E-state index contributed by atoms with van der Waals surface area (Å²) in [5.74, 6) is -0.790. The molecule has 0 aliphatic heterocycles. The molecule has 2 heterocycles. The number of aromatic nitrogens is 3. The predicted molar refractivity (Wildman–Crippen MR) is 90.6 cm³/mol. The second kappa shape index (κ2) is 7.26. The highest BCUT2D eigenvalue weighted by Gasteiger charge is 2.16. The molecule has 3 rings (SSSR count). The smallest absolute Gasteiger partial charge is 0.306 e. The van der Waals surface area contributed by atoms with E-state index >= 15 is 0 Å². The molecule has 2 aromatic heterocycles. The maximum absolute atomic E-state index is 13.7. The minimum absolute atomic E-state index is 0.0305. The summed E-state index contributed by atoms with van der Waals surface area (Å²) in [5.41, 5.74) is 7.09. The third kappa shape index (κ3) is 3.82. The van der Waals surface area contributed by atoms with E-state index in [1.807, 2.05) is 0 Å². The first-order chi connectivity index (χ1) is 12.4. The number of nitrogens with zero attached hydrogens (tertiary/aromatic N) is 3. The van der Waals surface area contributed by atoms with Crippen molar-refractivity contribution in [2.75, 3.05) is 12.3 Å². The number of anilines is 1. The standard InChI is InChI=1S/C17H17FN4O4/c1-10(26-15-4-6-22-17(21-15)13(19)9-20-22)12-8-11(18)2-3-14(12)25-7-5-16(23)24/h2-4,6,8-10H,5,7,19H2,1H3,(H,23,24)/t10-/m1/s1. The molecule has 0 fully saturated rings. The third-order valence-electron chi connectivity index (χ3n) is 3.65. The fourth-order valence-corrected chi connectivity index (χ4v) is 2.40. The Bertz CT molecular complexity index is 944. The number of halogens is 1. The second-order valence-electron chi connectivity index (χ2n) is 5.57. The molecule has 26 heavy (non-hydrogen) atoms. The zero-order valence-corrected chi connectivity index (χ0v) is 13.9. The highest BCUT2D eigenvalue weighted by Crippen LogP contribution is 2.30. The first-order valence-corrected chi connectivity index (χ1v) is 7.84. The molecule has 0 amide bonds. The summed E-state index contributed by atoms with van der Waals surface area (Å²) in [6, 6.07) is 5.58. The van der Waals surface area contributed by atoms with Crippen molar-refractivity contribution in [1.82, 2.24) is 14.6 Å². The van der Waals surface area contributed by atoms with Crippen molar-refractivity contribution in [1.29, 1.82) is 0 Å². The summed E-state index contributed by atoms with van der Waals surface area (Å²) in [6.45, 7) is 1.68. The summed E-state index contributed by atoms with van der Waals surface area (Å²) in [4.78, 5) is 14.9. The van der Waals surface area contributed by atoms with Crippen LogP contribution in [0.2, 0.25) is 0 Å². The van der Waals surface area contributed by atoms with Gasteiger partial charge in [-0.25, -0.2) is 8.91 Å². The van der Waals surface area contributed by atoms with Crippen LogP contribution in [-0.4, -0.2) is 32.3 Å². The number of carboxylic acid groups (broad SMARTS) is 1. The quantitative estimate of drug-likeness (QED) is 0.665. The van der Waals surface area contributed by atoms with E-state index < -0.39 is 17.9 Å². The van der Waals surface area contributed by atoms with Crippen LogP contribution in [0.1, 0.15) is 25.0 Å². The van der Waals surface area contributed by atoms with Gasteiger partial charge >= 0.3 is 5.97 Å². The van der Waals surface area contributed by atoms with Gasteiger partial charge in [-0.05, 0) is 25.1 Å². The average Bonchev–Trinajstić information content (AvgIpc) is 2.96. The molecule has 8 nitrogen and oxygen atoms in total. The predicted octanol–water partition coefficient (Wildman–Crippen LogP) is 2.44. The number of carboxylic acids is 1. The van der Waals surface area contributed by atoms with Crippen LogP contribution < -0.4 is 15.2 Å². The van der Waals surface area contributed by atoms with Crippen LogP contribution in [0.5, 0.6) is 11.6 Å². The molecule has 0 radical (unpaired) electrons. The number of carbonyl (C=O) groups is 1. The van der Waals surface area contributed by atoms with Gasteiger partial charge in [0.05, 0.1) is 24.9 Å². The molecule has 0 spiro atoms. The molecular formula is C17H17FN4O4. The van der Waals surface area contributed by atoms with Crippen LogP contribution >= 0.6 is 0 Å². The Balaban J connectivity index is 1.81. The van der Waals surface area contributed by atoms with Crippen molar-refractivity contribution in [3.63, 3.8) is 0 Å². The van der Waals surface area contributed by atoms with Gasteiger partial charge in [0.15, 0.2) is 5.65 Å². The number of ether oxygens (including phenoxy) is 2. The van der Waals surface area contributed by atoms with Gasteiger partial charge in [0, 0.05) is 17.8 Å². The van der Waals surface area contributed by atoms with E-state index in [4.69, 9.17) is 20.3 Å². The van der Waals surface area contributed by atoms with Crippen LogP contribution in [0.15, 0.2) is 36.7 Å². The fraction of sp³-hybridized carbons (Fsp3) is 0.235. The lowest BCUT2D eigenvalue weighted by molar-refractivity contribution is -0.137. The Morgan fingerprint density at radius 1 is 1.42 bits per heavy atom. The van der Waals surface area contributed by atoms with E-state index in [1.54, 1.807) is 19.2 Å². The maximum atomic E-state index is 13.7. The SMILES string of the molecule is C[C@@H](Oc1ccn2ncc(N)c2n1)c1cc(F)ccc1OCCC(=O)O. The van der Waals surface area contributed by atoms with Crippen LogP contribution in [0.25, 0.3) is 5.65 Å². The molecule has 1 atom stereocenters. The first kappa shape index (κ1) is 17.5. The van der Waals surface area contributed by atoms with E-state index in [0.717, 1.165) is 0 Å². The summed E-state index contributed by atoms with van der Waals surface area (Å²) in [5, 5.41) is 12.7. The summed E-state index contributed by atoms with van der Waals surface area (Å²) in [7, 11) is 0. The third-order valence-corrected chi connectivity index (χ3v) is 3.65. The van der Waals surface area contributed by atoms with Gasteiger partial charge in [-0.15, -0.1) is 0 Å². The van der Waals surface area contributed by atoms with Crippen molar-refractivity contribution in [2.45, 2.75) is 19.4 Å². The lowest BCUT2D eigenvalue weighted by Crippen LogP contribution is -2.10. The normalized spacial score (nSPS) is 12.1. The van der Waals surface area contributed by atoms with E-state index in [2.05, 4.69) is 10.1 Å². The van der Waals surface area contributed by atoms with Crippen molar-refractivity contribution in [3.8, 4) is 11.6 Å². The van der Waals surface area contributed by atoms with Crippen molar-refractivity contribution < 1.29 is 23.8 Å². The molecule has 0 aliphatic carbocycles. The molecular weight excluding hydrogens is 343 g/mol. The van der Waals surface area contributed by atoms with Crippen LogP contribution in [0.3, 0.4) is 0 Å². The molecule has 0 aliphatic rings. The zero-order valence-electron chi connectivity index (χ0n) is 13.9. The average molecular weight is 360 g/mol. The van der Waals surface area contributed by atoms with Gasteiger partial charge in [0.25, 0.3) is 0 Å². The second-order valence-corrected chi connectivity index (χ2v) is 5.57. The number of hydrogen-bond donors (Lipinski definition) is 2. The minimum atomic E-state index is -0.978. The molecule has 1 aromatic carbocycles. The molecule has 0 saturated heterocycles. The van der Waals surface area contributed by atoms with E-state index in [0.29, 0.717) is 22.6 Å².